The lowest BCUT2D eigenvalue weighted by molar-refractivity contribution is -0.144. The fourth-order valence-electron chi connectivity index (χ4n) is 3.51. The molecular weight excluding hydrogens is 366 g/mol. The molecule has 5 nitrogen and oxygen atoms in total. The van der Waals surface area contributed by atoms with Gasteiger partial charge in [0.25, 0.3) is 0 Å². The van der Waals surface area contributed by atoms with Gasteiger partial charge in [-0.1, -0.05) is 67.8 Å². The molecule has 0 unspecified atom stereocenters. The van der Waals surface area contributed by atoms with Gasteiger partial charge in [0.1, 0.15) is 13.2 Å². The van der Waals surface area contributed by atoms with Crippen molar-refractivity contribution in [1.82, 2.24) is 4.90 Å². The molecule has 2 aromatic rings. The number of hydrogen-bond acceptors (Lipinski definition) is 4. The van der Waals surface area contributed by atoms with E-state index in [1.165, 1.54) is 4.90 Å². The van der Waals surface area contributed by atoms with Crippen LogP contribution in [-0.4, -0.2) is 43.3 Å². The maximum absolute atomic E-state index is 12.6. The largest absolute Gasteiger partial charge is 0.464 e. The lowest BCUT2D eigenvalue weighted by Gasteiger charge is -2.21. The number of rotatable bonds is 8. The summed E-state index contributed by atoms with van der Waals surface area (Å²) in [4.78, 5) is 25.7. The summed E-state index contributed by atoms with van der Waals surface area (Å²) in [5, 5.41) is 0. The van der Waals surface area contributed by atoms with E-state index in [0.29, 0.717) is 6.61 Å². The Hall–Kier alpha value is -3.26. The maximum Gasteiger partial charge on any atom is 0.411 e. The van der Waals surface area contributed by atoms with Crippen LogP contribution < -0.4 is 0 Å². The lowest BCUT2D eigenvalue weighted by Crippen LogP contribution is -2.37. The molecule has 29 heavy (non-hydrogen) atoms. The number of fused-ring (bicyclic) bond motifs is 3. The lowest BCUT2D eigenvalue weighted by atomic mass is 9.98. The molecule has 0 saturated heterocycles. The highest BCUT2D eigenvalue weighted by molar-refractivity contribution is 5.80. The number of esters is 1. The Kier molecular flexibility index (Phi) is 6.91. The third kappa shape index (κ3) is 4.78. The van der Waals surface area contributed by atoms with Crippen LogP contribution in [0, 0.1) is 12.3 Å². The van der Waals surface area contributed by atoms with Gasteiger partial charge in [-0.3, -0.25) is 9.69 Å². The number of carbonyl (C=O) groups is 2. The van der Waals surface area contributed by atoms with E-state index >= 15 is 0 Å². The second-order valence-corrected chi connectivity index (χ2v) is 6.94. The standard InChI is InChI=1S/C24H25NO4/c1-3-5-15-28-23(26)16-25(14-4-2)24(27)29-17-22-20-12-8-6-10-18(20)19-11-7-9-13-21(19)22/h2,6-13,22H,3,5,14-17H2,1H3. The zero-order chi connectivity index (χ0) is 20.6. The fourth-order valence-corrected chi connectivity index (χ4v) is 3.51. The third-order valence-corrected chi connectivity index (χ3v) is 4.96. The molecule has 0 fully saturated rings. The first-order chi connectivity index (χ1) is 14.2. The Morgan fingerprint density at radius 1 is 1.03 bits per heavy atom. The van der Waals surface area contributed by atoms with Gasteiger partial charge in [-0.15, -0.1) is 6.42 Å². The molecular formula is C24H25NO4. The number of carbonyl (C=O) groups excluding carboxylic acids is 2. The van der Waals surface area contributed by atoms with E-state index < -0.39 is 12.1 Å². The third-order valence-electron chi connectivity index (χ3n) is 4.96. The molecule has 1 amide bonds. The first-order valence-corrected chi connectivity index (χ1v) is 9.84. The number of ether oxygens (including phenoxy) is 2. The summed E-state index contributed by atoms with van der Waals surface area (Å²) in [5.74, 6) is 1.87. The minimum absolute atomic E-state index is 0.0143. The van der Waals surface area contributed by atoms with Gasteiger partial charge >= 0.3 is 12.1 Å². The minimum atomic E-state index is -0.614. The van der Waals surface area contributed by atoms with Crippen LogP contribution >= 0.6 is 0 Å². The number of unbranched alkanes of at least 4 members (excludes halogenated alkanes) is 1. The maximum atomic E-state index is 12.6. The Balaban J connectivity index is 1.66. The van der Waals surface area contributed by atoms with E-state index in [1.807, 2.05) is 31.2 Å². The van der Waals surface area contributed by atoms with Gasteiger partial charge in [0.2, 0.25) is 0 Å². The molecule has 0 heterocycles. The summed E-state index contributed by atoms with van der Waals surface area (Å²) in [5.41, 5.74) is 4.57. The van der Waals surface area contributed by atoms with Crippen molar-refractivity contribution < 1.29 is 19.1 Å². The predicted octanol–water partition coefficient (Wildman–Crippen LogP) is 4.21. The Morgan fingerprint density at radius 3 is 2.24 bits per heavy atom. The zero-order valence-corrected chi connectivity index (χ0v) is 16.6. The summed E-state index contributed by atoms with van der Waals surface area (Å²) in [6, 6.07) is 16.2. The second kappa shape index (κ2) is 9.79. The monoisotopic (exact) mass is 391 g/mol. The van der Waals surface area contributed by atoms with Gasteiger partial charge in [-0.25, -0.2) is 4.79 Å². The normalized spacial score (nSPS) is 11.9. The Morgan fingerprint density at radius 2 is 1.66 bits per heavy atom. The number of benzene rings is 2. The smallest absolute Gasteiger partial charge is 0.411 e. The highest BCUT2D eigenvalue weighted by atomic mass is 16.6. The molecule has 3 rings (SSSR count). The van der Waals surface area contributed by atoms with Crippen molar-refractivity contribution >= 4 is 12.1 Å². The van der Waals surface area contributed by atoms with E-state index in [-0.39, 0.29) is 25.6 Å². The summed E-state index contributed by atoms with van der Waals surface area (Å²) >= 11 is 0. The van der Waals surface area contributed by atoms with Crippen molar-refractivity contribution in [3.63, 3.8) is 0 Å². The van der Waals surface area contributed by atoms with Crippen LogP contribution in [0.15, 0.2) is 48.5 Å². The van der Waals surface area contributed by atoms with Crippen molar-refractivity contribution in [3.05, 3.63) is 59.7 Å². The molecule has 0 saturated carbocycles. The topological polar surface area (TPSA) is 55.8 Å². The molecule has 150 valence electrons. The quantitative estimate of drug-likeness (QED) is 0.384. The molecule has 0 radical (unpaired) electrons. The number of terminal acetylenes is 1. The molecule has 0 aliphatic heterocycles. The number of nitrogens with zero attached hydrogens (tertiary/aromatic N) is 1. The molecule has 0 atom stereocenters. The first-order valence-electron chi connectivity index (χ1n) is 9.84. The van der Waals surface area contributed by atoms with Crippen LogP contribution in [0.25, 0.3) is 11.1 Å². The van der Waals surface area contributed by atoms with Crippen LogP contribution in [0.5, 0.6) is 0 Å². The van der Waals surface area contributed by atoms with Crippen LogP contribution in [-0.2, 0) is 14.3 Å². The Bertz CT molecular complexity index is 870. The molecule has 1 aliphatic carbocycles. The van der Waals surface area contributed by atoms with Crippen LogP contribution in [0.2, 0.25) is 0 Å². The summed E-state index contributed by atoms with van der Waals surface area (Å²) in [7, 11) is 0. The van der Waals surface area contributed by atoms with Gasteiger partial charge in [0.05, 0.1) is 13.2 Å². The summed E-state index contributed by atoms with van der Waals surface area (Å²) in [6.07, 6.45) is 6.45. The highest BCUT2D eigenvalue weighted by Gasteiger charge is 2.30. The zero-order valence-electron chi connectivity index (χ0n) is 16.6. The van der Waals surface area contributed by atoms with Crippen molar-refractivity contribution in [2.45, 2.75) is 25.7 Å². The molecule has 5 heteroatoms. The summed E-state index contributed by atoms with van der Waals surface area (Å²) < 4.78 is 10.7. The van der Waals surface area contributed by atoms with E-state index in [9.17, 15) is 9.59 Å². The molecule has 0 aromatic heterocycles. The van der Waals surface area contributed by atoms with E-state index in [4.69, 9.17) is 15.9 Å². The van der Waals surface area contributed by atoms with Crippen molar-refractivity contribution in [3.8, 4) is 23.5 Å². The number of hydrogen-bond donors (Lipinski definition) is 0. The summed E-state index contributed by atoms with van der Waals surface area (Å²) in [6.45, 7) is 2.29. The molecule has 2 aromatic carbocycles. The van der Waals surface area contributed by atoms with Crippen molar-refractivity contribution in [2.24, 2.45) is 0 Å². The van der Waals surface area contributed by atoms with E-state index in [1.54, 1.807) is 0 Å². The van der Waals surface area contributed by atoms with E-state index in [0.717, 1.165) is 35.1 Å². The molecule has 0 spiro atoms. The average molecular weight is 391 g/mol. The molecule has 0 bridgehead atoms. The van der Waals surface area contributed by atoms with Crippen molar-refractivity contribution in [1.29, 1.82) is 0 Å². The van der Waals surface area contributed by atoms with Gasteiger partial charge in [-0.05, 0) is 28.7 Å². The predicted molar refractivity (Wildman–Crippen MR) is 111 cm³/mol. The number of amides is 1. The van der Waals surface area contributed by atoms with E-state index in [2.05, 4.69) is 30.2 Å². The fraction of sp³-hybridized carbons (Fsp3) is 0.333. The minimum Gasteiger partial charge on any atom is -0.464 e. The average Bonchev–Trinajstić information content (AvgIpc) is 3.06. The molecule has 1 aliphatic rings. The van der Waals surface area contributed by atoms with Crippen molar-refractivity contribution in [2.75, 3.05) is 26.3 Å². The second-order valence-electron chi connectivity index (χ2n) is 6.94. The van der Waals surface area contributed by atoms with Crippen LogP contribution in [0.4, 0.5) is 4.79 Å². The highest BCUT2D eigenvalue weighted by Crippen LogP contribution is 2.44. The van der Waals surface area contributed by atoms with Gasteiger partial charge in [-0.2, -0.15) is 0 Å². The Labute approximate surface area is 171 Å². The molecule has 0 N–H and O–H groups in total. The van der Waals surface area contributed by atoms with Gasteiger partial charge in [0, 0.05) is 5.92 Å². The van der Waals surface area contributed by atoms with Gasteiger partial charge in [0.15, 0.2) is 0 Å². The SMILES string of the molecule is C#CCN(CC(=O)OCCCC)C(=O)OCC1c2ccccc2-c2ccccc21. The van der Waals surface area contributed by atoms with Crippen LogP contribution in [0.1, 0.15) is 36.8 Å². The van der Waals surface area contributed by atoms with Crippen LogP contribution in [0.3, 0.4) is 0 Å². The van der Waals surface area contributed by atoms with Gasteiger partial charge < -0.3 is 9.47 Å². The first kappa shape index (κ1) is 20.5.